The van der Waals surface area contributed by atoms with Gasteiger partial charge in [0, 0.05) is 5.69 Å². The van der Waals surface area contributed by atoms with Crippen molar-refractivity contribution in [1.29, 1.82) is 0 Å². The van der Waals surface area contributed by atoms with Gasteiger partial charge in [0.1, 0.15) is 5.76 Å². The third-order valence-corrected chi connectivity index (χ3v) is 4.99. The molecule has 6 nitrogen and oxygen atoms in total. The van der Waals surface area contributed by atoms with E-state index < -0.39 is 0 Å². The largest absolute Gasteiger partial charge is 0.454 e. The normalized spacial score (nSPS) is 11.2. The van der Waals surface area contributed by atoms with Crippen molar-refractivity contribution in [3.8, 4) is 0 Å². The number of amides is 1. The van der Waals surface area contributed by atoms with Crippen molar-refractivity contribution in [2.45, 2.75) is 27.3 Å². The summed E-state index contributed by atoms with van der Waals surface area (Å²) >= 11 is 1.45. The molecule has 0 aliphatic heterocycles. The Morgan fingerprint density at radius 1 is 1.19 bits per heavy atom. The maximum Gasteiger partial charge on any atom is 0.293 e. The molecule has 0 spiro atoms. The summed E-state index contributed by atoms with van der Waals surface area (Å²) in [6.07, 6.45) is 0. The summed E-state index contributed by atoms with van der Waals surface area (Å²) < 4.78 is 8.58. The highest BCUT2D eigenvalue weighted by Gasteiger charge is 2.15. The minimum absolute atomic E-state index is 0.261. The van der Waals surface area contributed by atoms with Crippen molar-refractivity contribution in [1.82, 2.24) is 14.8 Å². The van der Waals surface area contributed by atoms with Gasteiger partial charge in [-0.1, -0.05) is 17.4 Å². The van der Waals surface area contributed by atoms with Crippen LogP contribution in [0.25, 0.3) is 10.2 Å². The lowest BCUT2D eigenvalue weighted by Gasteiger charge is -2.01. The molecule has 7 heteroatoms. The van der Waals surface area contributed by atoms with Gasteiger partial charge < -0.3 is 4.42 Å². The van der Waals surface area contributed by atoms with Crippen LogP contribution in [0.2, 0.25) is 0 Å². The predicted octanol–water partition coefficient (Wildman–Crippen LogP) is 4.31. The zero-order chi connectivity index (χ0) is 18.3. The molecule has 0 bridgehead atoms. The van der Waals surface area contributed by atoms with Gasteiger partial charge in [-0.05, 0) is 56.7 Å². The number of anilines is 1. The third kappa shape index (κ3) is 3.25. The highest BCUT2D eigenvalue weighted by Crippen LogP contribution is 2.27. The number of aryl methyl sites for hydroxylation is 3. The van der Waals surface area contributed by atoms with Crippen molar-refractivity contribution in [3.05, 3.63) is 64.9 Å². The number of hydrogen-bond acceptors (Lipinski definition) is 5. The second-order valence-corrected chi connectivity index (χ2v) is 7.33. The number of fused-ring (bicyclic) bond motifs is 1. The molecule has 0 aliphatic rings. The lowest BCUT2D eigenvalue weighted by molar-refractivity contribution is 0.0994. The molecule has 0 atom stereocenters. The van der Waals surface area contributed by atoms with E-state index in [9.17, 15) is 4.79 Å². The van der Waals surface area contributed by atoms with Crippen LogP contribution in [0.5, 0.6) is 0 Å². The number of aromatic nitrogens is 3. The monoisotopic (exact) mass is 366 g/mol. The lowest BCUT2D eigenvalue weighted by atomic mass is 10.2. The van der Waals surface area contributed by atoms with Crippen LogP contribution in [0, 0.1) is 20.8 Å². The van der Waals surface area contributed by atoms with Gasteiger partial charge in [0.15, 0.2) is 10.9 Å². The minimum Gasteiger partial charge on any atom is -0.454 e. The molecule has 0 unspecified atom stereocenters. The van der Waals surface area contributed by atoms with Gasteiger partial charge in [-0.25, -0.2) is 4.98 Å². The summed E-state index contributed by atoms with van der Waals surface area (Å²) in [5, 5.41) is 7.78. The number of benzene rings is 1. The molecule has 1 amide bonds. The van der Waals surface area contributed by atoms with E-state index in [0.717, 1.165) is 21.6 Å². The van der Waals surface area contributed by atoms with Gasteiger partial charge in [0.05, 0.1) is 22.5 Å². The van der Waals surface area contributed by atoms with Crippen molar-refractivity contribution in [2.24, 2.45) is 0 Å². The molecule has 4 aromatic rings. The molecule has 4 rings (SSSR count). The maximum absolute atomic E-state index is 12.4. The average Bonchev–Trinajstić information content (AvgIpc) is 3.27. The van der Waals surface area contributed by atoms with E-state index in [4.69, 9.17) is 4.42 Å². The number of furan rings is 1. The van der Waals surface area contributed by atoms with Crippen LogP contribution in [0.3, 0.4) is 0 Å². The third-order valence-electron chi connectivity index (χ3n) is 4.06. The van der Waals surface area contributed by atoms with Gasteiger partial charge in [-0.15, -0.1) is 0 Å². The van der Waals surface area contributed by atoms with E-state index in [2.05, 4.69) is 21.5 Å². The molecule has 1 N–H and O–H groups in total. The van der Waals surface area contributed by atoms with Crippen LogP contribution < -0.4 is 5.32 Å². The van der Waals surface area contributed by atoms with E-state index >= 15 is 0 Å². The number of nitrogens with zero attached hydrogens (tertiary/aromatic N) is 3. The van der Waals surface area contributed by atoms with Gasteiger partial charge in [0.2, 0.25) is 0 Å². The fraction of sp³-hybridized carbons (Fsp3) is 0.211. The Balaban J connectivity index is 1.49. The topological polar surface area (TPSA) is 73.0 Å². The second kappa shape index (κ2) is 6.42. The molecule has 26 heavy (non-hydrogen) atoms. The summed E-state index contributed by atoms with van der Waals surface area (Å²) in [5.74, 6) is 0.638. The molecule has 3 aromatic heterocycles. The number of carbonyl (C=O) groups excluding carboxylic acids is 1. The van der Waals surface area contributed by atoms with E-state index in [0.29, 0.717) is 17.4 Å². The standard InChI is InChI=1S/C19H18N4O2S/c1-11-4-6-15-17(8-11)26-19(20-15)21-18(24)16-7-5-14(25-16)10-23-13(3)9-12(2)22-23/h4-9H,10H2,1-3H3,(H,20,21,24). The predicted molar refractivity (Wildman–Crippen MR) is 102 cm³/mol. The van der Waals surface area contributed by atoms with Crippen LogP contribution in [-0.2, 0) is 6.54 Å². The Bertz CT molecular complexity index is 1110. The van der Waals surface area contributed by atoms with Gasteiger partial charge in [-0.2, -0.15) is 5.10 Å². The first-order chi connectivity index (χ1) is 12.5. The quantitative estimate of drug-likeness (QED) is 0.584. The SMILES string of the molecule is Cc1ccc2nc(NC(=O)c3ccc(Cn4nc(C)cc4C)o3)sc2c1. The number of thiazole rings is 1. The van der Waals surface area contributed by atoms with Crippen LogP contribution >= 0.6 is 11.3 Å². The fourth-order valence-corrected chi connectivity index (χ4v) is 3.77. The molecular weight excluding hydrogens is 348 g/mol. The number of nitrogens with one attached hydrogen (secondary N) is 1. The molecule has 1 aromatic carbocycles. The van der Waals surface area contributed by atoms with Gasteiger partial charge in [0.25, 0.3) is 5.91 Å². The molecule has 0 fully saturated rings. The molecule has 3 heterocycles. The minimum atomic E-state index is -0.305. The highest BCUT2D eigenvalue weighted by atomic mass is 32.1. The van der Waals surface area contributed by atoms with Crippen molar-refractivity contribution in [2.75, 3.05) is 5.32 Å². The van der Waals surface area contributed by atoms with Crippen LogP contribution in [0.1, 0.15) is 33.3 Å². The van der Waals surface area contributed by atoms with E-state index in [1.807, 2.05) is 43.7 Å². The smallest absolute Gasteiger partial charge is 0.293 e. The first kappa shape index (κ1) is 16.5. The zero-order valence-corrected chi connectivity index (χ0v) is 15.6. The molecular formula is C19H18N4O2S. The summed E-state index contributed by atoms with van der Waals surface area (Å²) in [6, 6.07) is 11.5. The van der Waals surface area contributed by atoms with Crippen molar-refractivity contribution < 1.29 is 9.21 Å². The number of carbonyl (C=O) groups is 1. The Morgan fingerprint density at radius 2 is 2.04 bits per heavy atom. The summed E-state index contributed by atoms with van der Waals surface area (Å²) in [7, 11) is 0. The van der Waals surface area contributed by atoms with E-state index in [-0.39, 0.29) is 11.7 Å². The van der Waals surface area contributed by atoms with Crippen molar-refractivity contribution in [3.63, 3.8) is 0 Å². The Morgan fingerprint density at radius 3 is 2.81 bits per heavy atom. The Kier molecular flexibility index (Phi) is 4.08. The summed E-state index contributed by atoms with van der Waals surface area (Å²) in [5.41, 5.74) is 4.05. The first-order valence-corrected chi connectivity index (χ1v) is 9.08. The molecule has 0 radical (unpaired) electrons. The van der Waals surface area contributed by atoms with Crippen molar-refractivity contribution >= 4 is 32.6 Å². The first-order valence-electron chi connectivity index (χ1n) is 8.26. The van der Waals surface area contributed by atoms with Crippen LogP contribution in [-0.4, -0.2) is 20.7 Å². The van der Waals surface area contributed by atoms with E-state index in [1.165, 1.54) is 16.9 Å². The highest BCUT2D eigenvalue weighted by molar-refractivity contribution is 7.22. The molecule has 0 aliphatic carbocycles. The lowest BCUT2D eigenvalue weighted by Crippen LogP contribution is -2.10. The van der Waals surface area contributed by atoms with E-state index in [1.54, 1.807) is 12.1 Å². The second-order valence-electron chi connectivity index (χ2n) is 6.30. The van der Waals surface area contributed by atoms with Gasteiger partial charge in [-0.3, -0.25) is 14.8 Å². The number of rotatable bonds is 4. The van der Waals surface area contributed by atoms with Crippen LogP contribution in [0.4, 0.5) is 5.13 Å². The maximum atomic E-state index is 12.4. The number of hydrogen-bond donors (Lipinski definition) is 1. The molecule has 0 saturated heterocycles. The molecule has 0 saturated carbocycles. The average molecular weight is 366 g/mol. The Labute approximate surface area is 154 Å². The fourth-order valence-electron chi connectivity index (χ4n) is 2.81. The Hall–Kier alpha value is -2.93. The van der Waals surface area contributed by atoms with Crippen LogP contribution in [0.15, 0.2) is 40.8 Å². The van der Waals surface area contributed by atoms with Gasteiger partial charge >= 0.3 is 0 Å². The summed E-state index contributed by atoms with van der Waals surface area (Å²) in [4.78, 5) is 16.9. The zero-order valence-electron chi connectivity index (χ0n) is 14.7. The summed E-state index contributed by atoms with van der Waals surface area (Å²) in [6.45, 7) is 6.47. The molecule has 132 valence electrons.